The fraction of sp³-hybridized carbons (Fsp3) is 0.667. The van der Waals surface area contributed by atoms with Crippen LogP contribution in [0.5, 0.6) is 5.75 Å². The maximum Gasteiger partial charge on any atom is 0.573 e. The molecule has 11 heteroatoms. The number of amides is 2. The van der Waals surface area contributed by atoms with E-state index in [0.717, 1.165) is 32.6 Å². The zero-order valence-corrected chi connectivity index (χ0v) is 20.3. The Balaban J connectivity index is 1.36. The summed E-state index contributed by atoms with van der Waals surface area (Å²) in [4.78, 5) is 34.1. The summed E-state index contributed by atoms with van der Waals surface area (Å²) in [5.74, 6) is -0.180. The number of nitrogens with zero attached hydrogens (tertiary/aromatic N) is 4. The maximum absolute atomic E-state index is 13.0. The van der Waals surface area contributed by atoms with Gasteiger partial charge in [0.05, 0.1) is 0 Å². The van der Waals surface area contributed by atoms with Gasteiger partial charge in [-0.2, -0.15) is 0 Å². The van der Waals surface area contributed by atoms with E-state index < -0.39 is 12.4 Å². The first-order chi connectivity index (χ1) is 16.6. The lowest BCUT2D eigenvalue weighted by Crippen LogP contribution is -2.50. The number of alkyl halides is 3. The molecule has 1 aromatic rings. The Hall–Kier alpha value is -2.37. The van der Waals surface area contributed by atoms with Crippen molar-refractivity contribution in [1.29, 1.82) is 0 Å². The van der Waals surface area contributed by atoms with E-state index in [9.17, 15) is 22.8 Å². The van der Waals surface area contributed by atoms with Gasteiger partial charge in [-0.25, -0.2) is 0 Å². The Morgan fingerprint density at radius 2 is 1.89 bits per heavy atom. The average Bonchev–Trinajstić information content (AvgIpc) is 3.16. The van der Waals surface area contributed by atoms with Crippen molar-refractivity contribution in [2.45, 2.75) is 50.3 Å². The zero-order valence-electron chi connectivity index (χ0n) is 20.3. The van der Waals surface area contributed by atoms with Gasteiger partial charge < -0.3 is 19.9 Å². The SMILES string of the molecule is CN1CCN(C(=O)CC[C@H]2CNC(=O)[C@@H]3[C@@H](CCN3Cc3cccc(OC(F)(F)F)c3)N2C)CC1. The van der Waals surface area contributed by atoms with Crippen LogP contribution in [0.2, 0.25) is 0 Å². The van der Waals surface area contributed by atoms with Gasteiger partial charge in [-0.15, -0.1) is 13.2 Å². The van der Waals surface area contributed by atoms with Crippen LogP contribution in [0.3, 0.4) is 0 Å². The van der Waals surface area contributed by atoms with Crippen LogP contribution in [0.15, 0.2) is 24.3 Å². The minimum absolute atomic E-state index is 0.0177. The molecule has 3 atom stereocenters. The van der Waals surface area contributed by atoms with E-state index in [1.807, 2.05) is 16.8 Å². The van der Waals surface area contributed by atoms with Gasteiger partial charge >= 0.3 is 6.36 Å². The Morgan fingerprint density at radius 3 is 2.60 bits per heavy atom. The van der Waals surface area contributed by atoms with Crippen LogP contribution in [0.1, 0.15) is 24.8 Å². The summed E-state index contributed by atoms with van der Waals surface area (Å²) in [6.45, 7) is 4.75. The zero-order chi connectivity index (χ0) is 25.2. The maximum atomic E-state index is 13.0. The van der Waals surface area contributed by atoms with Crippen LogP contribution in [0.4, 0.5) is 13.2 Å². The standard InChI is InChI=1S/C24H34F3N5O3/c1-29-10-12-31(13-11-29)21(33)7-6-18-15-28-23(34)22-20(30(18)2)8-9-32(22)16-17-4-3-5-19(14-17)35-24(25,26)27/h3-5,14,18,20,22H,6-13,15-16H2,1-2H3,(H,28,34)/t18-,20+,22-/m0/s1. The van der Waals surface area contributed by atoms with Crippen molar-refractivity contribution in [2.24, 2.45) is 0 Å². The molecular weight excluding hydrogens is 463 g/mol. The number of rotatable bonds is 6. The Morgan fingerprint density at radius 1 is 1.14 bits per heavy atom. The summed E-state index contributed by atoms with van der Waals surface area (Å²) in [7, 11) is 4.06. The lowest BCUT2D eigenvalue weighted by Gasteiger charge is -2.35. The highest BCUT2D eigenvalue weighted by Crippen LogP contribution is 2.30. The topological polar surface area (TPSA) is 68.4 Å². The van der Waals surface area contributed by atoms with Gasteiger partial charge in [-0.05, 0) is 44.6 Å². The third-order valence-corrected chi connectivity index (χ3v) is 7.41. The van der Waals surface area contributed by atoms with Crippen molar-refractivity contribution >= 4 is 11.8 Å². The second kappa shape index (κ2) is 10.7. The molecule has 1 aromatic carbocycles. The number of nitrogens with one attached hydrogen (secondary N) is 1. The summed E-state index contributed by atoms with van der Waals surface area (Å²) in [6.07, 6.45) is -2.86. The fourth-order valence-electron chi connectivity index (χ4n) is 5.41. The van der Waals surface area contributed by atoms with Gasteiger partial charge in [0, 0.05) is 64.3 Å². The van der Waals surface area contributed by atoms with Crippen molar-refractivity contribution in [3.63, 3.8) is 0 Å². The lowest BCUT2D eigenvalue weighted by molar-refractivity contribution is -0.274. The number of likely N-dealkylation sites (tertiary alicyclic amines) is 1. The number of piperazine rings is 1. The van der Waals surface area contributed by atoms with Gasteiger partial charge in [0.15, 0.2) is 0 Å². The molecule has 8 nitrogen and oxygen atoms in total. The molecule has 0 saturated carbocycles. The van der Waals surface area contributed by atoms with Crippen molar-refractivity contribution in [3.8, 4) is 5.75 Å². The van der Waals surface area contributed by atoms with Crippen LogP contribution in [-0.4, -0.2) is 109 Å². The molecule has 0 aromatic heterocycles. The van der Waals surface area contributed by atoms with Crippen molar-refractivity contribution in [1.82, 2.24) is 24.9 Å². The Bertz CT molecular complexity index is 907. The van der Waals surface area contributed by atoms with Gasteiger partial charge in [-0.1, -0.05) is 12.1 Å². The largest absolute Gasteiger partial charge is 0.573 e. The van der Waals surface area contributed by atoms with E-state index in [-0.39, 0.29) is 29.6 Å². The van der Waals surface area contributed by atoms with Crippen molar-refractivity contribution in [3.05, 3.63) is 29.8 Å². The number of ether oxygens (including phenoxy) is 1. The van der Waals surface area contributed by atoms with Gasteiger partial charge in [0.25, 0.3) is 0 Å². The number of hydrogen-bond acceptors (Lipinski definition) is 6. The number of likely N-dealkylation sites (N-methyl/N-ethyl adjacent to an activating group) is 2. The molecule has 3 fully saturated rings. The summed E-state index contributed by atoms with van der Waals surface area (Å²) in [5.41, 5.74) is 0.654. The molecule has 0 aliphatic carbocycles. The van der Waals surface area contributed by atoms with Crippen LogP contribution in [0.25, 0.3) is 0 Å². The number of halogens is 3. The summed E-state index contributed by atoms with van der Waals surface area (Å²) in [5, 5.41) is 3.04. The molecule has 194 valence electrons. The second-order valence-electron chi connectivity index (χ2n) is 9.75. The molecule has 4 rings (SSSR count). The minimum Gasteiger partial charge on any atom is -0.406 e. The minimum atomic E-state index is -4.75. The first-order valence-electron chi connectivity index (χ1n) is 12.2. The highest BCUT2D eigenvalue weighted by Gasteiger charge is 2.45. The summed E-state index contributed by atoms with van der Waals surface area (Å²) < 4.78 is 41.8. The third kappa shape index (κ3) is 6.45. The first-order valence-corrected chi connectivity index (χ1v) is 12.2. The number of benzene rings is 1. The molecule has 0 bridgehead atoms. The fourth-order valence-corrected chi connectivity index (χ4v) is 5.41. The predicted octanol–water partition coefficient (Wildman–Crippen LogP) is 1.51. The Labute approximate surface area is 204 Å². The number of hydrogen-bond donors (Lipinski definition) is 1. The van der Waals surface area contributed by atoms with Crippen LogP contribution < -0.4 is 10.1 Å². The van der Waals surface area contributed by atoms with E-state index in [1.165, 1.54) is 18.2 Å². The van der Waals surface area contributed by atoms with E-state index >= 15 is 0 Å². The number of fused-ring (bicyclic) bond motifs is 1. The van der Waals surface area contributed by atoms with E-state index in [0.29, 0.717) is 38.0 Å². The molecule has 1 N–H and O–H groups in total. The first kappa shape index (κ1) is 25.7. The normalized spacial score (nSPS) is 26.8. The quantitative estimate of drug-likeness (QED) is 0.643. The van der Waals surface area contributed by atoms with Gasteiger partial charge in [0.1, 0.15) is 11.8 Å². The molecule has 3 saturated heterocycles. The van der Waals surface area contributed by atoms with E-state index in [2.05, 4.69) is 26.9 Å². The van der Waals surface area contributed by atoms with E-state index in [1.54, 1.807) is 6.07 Å². The van der Waals surface area contributed by atoms with Gasteiger partial charge in [-0.3, -0.25) is 19.4 Å². The van der Waals surface area contributed by atoms with Crippen LogP contribution in [-0.2, 0) is 16.1 Å². The third-order valence-electron chi connectivity index (χ3n) is 7.41. The molecule has 0 radical (unpaired) electrons. The summed E-state index contributed by atoms with van der Waals surface area (Å²) in [6, 6.07) is 5.53. The number of carbonyl (C=O) groups excluding carboxylic acids is 2. The molecule has 3 heterocycles. The highest BCUT2D eigenvalue weighted by atomic mass is 19.4. The second-order valence-corrected chi connectivity index (χ2v) is 9.75. The van der Waals surface area contributed by atoms with Crippen LogP contribution >= 0.6 is 0 Å². The highest BCUT2D eigenvalue weighted by molar-refractivity contribution is 5.83. The molecule has 3 aliphatic rings. The average molecular weight is 498 g/mol. The van der Waals surface area contributed by atoms with E-state index in [4.69, 9.17) is 0 Å². The smallest absolute Gasteiger partial charge is 0.406 e. The van der Waals surface area contributed by atoms with Crippen molar-refractivity contribution < 1.29 is 27.5 Å². The van der Waals surface area contributed by atoms with Crippen LogP contribution in [0, 0.1) is 0 Å². The predicted molar refractivity (Wildman–Crippen MR) is 124 cm³/mol. The number of carbonyl (C=O) groups is 2. The molecular formula is C24H34F3N5O3. The van der Waals surface area contributed by atoms with Crippen molar-refractivity contribution in [2.75, 3.05) is 53.4 Å². The molecule has 35 heavy (non-hydrogen) atoms. The van der Waals surface area contributed by atoms with Gasteiger partial charge in [0.2, 0.25) is 11.8 Å². The molecule has 2 amide bonds. The summed E-state index contributed by atoms with van der Waals surface area (Å²) >= 11 is 0. The lowest BCUT2D eigenvalue weighted by atomic mass is 10.0. The monoisotopic (exact) mass is 497 g/mol. The Kier molecular flexibility index (Phi) is 7.87. The molecule has 3 aliphatic heterocycles. The molecule has 0 spiro atoms. The molecule has 0 unspecified atom stereocenters.